The first kappa shape index (κ1) is 19.5. The van der Waals surface area contributed by atoms with Gasteiger partial charge in [-0.3, -0.25) is 9.89 Å². The molecule has 24 heavy (non-hydrogen) atoms. The normalized spacial score (nSPS) is 27.5. The first-order chi connectivity index (χ1) is 11.5. The van der Waals surface area contributed by atoms with E-state index in [0.717, 1.165) is 64.8 Å². The third-order valence-electron chi connectivity index (χ3n) is 4.98. The second kappa shape index (κ2) is 9.59. The van der Waals surface area contributed by atoms with Crippen molar-refractivity contribution in [1.29, 1.82) is 0 Å². The molecular weight excluding hydrogens is 304 g/mol. The zero-order chi connectivity index (χ0) is 17.4. The van der Waals surface area contributed by atoms with Gasteiger partial charge in [-0.2, -0.15) is 0 Å². The fraction of sp³-hybridized carbons (Fsp3) is 0.944. The van der Waals surface area contributed by atoms with Crippen LogP contribution in [0.3, 0.4) is 0 Å². The second-order valence-electron chi connectivity index (χ2n) is 7.44. The van der Waals surface area contributed by atoms with E-state index >= 15 is 0 Å². The molecule has 2 unspecified atom stereocenters. The Bertz CT molecular complexity index is 388. The Morgan fingerprint density at radius 3 is 2.54 bits per heavy atom. The Balaban J connectivity index is 1.90. The highest BCUT2D eigenvalue weighted by Gasteiger charge is 2.29. The molecule has 2 aliphatic heterocycles. The van der Waals surface area contributed by atoms with Crippen LogP contribution in [0.15, 0.2) is 4.99 Å². The molecule has 140 valence electrons. The van der Waals surface area contributed by atoms with Gasteiger partial charge in [-0.05, 0) is 32.6 Å². The lowest BCUT2D eigenvalue weighted by atomic mass is 10.0. The van der Waals surface area contributed by atoms with Crippen LogP contribution >= 0.6 is 0 Å². The molecule has 2 N–H and O–H groups in total. The Hall–Kier alpha value is -0.850. The predicted molar refractivity (Wildman–Crippen MR) is 98.6 cm³/mol. The van der Waals surface area contributed by atoms with Gasteiger partial charge in [-0.25, -0.2) is 0 Å². The van der Waals surface area contributed by atoms with Crippen LogP contribution in [0, 0.1) is 5.92 Å². The van der Waals surface area contributed by atoms with Crippen LogP contribution in [0.4, 0.5) is 0 Å². The molecule has 0 amide bonds. The van der Waals surface area contributed by atoms with Crippen molar-refractivity contribution < 1.29 is 9.47 Å². The van der Waals surface area contributed by atoms with E-state index in [2.05, 4.69) is 43.2 Å². The molecular formula is C18H36N4O2. The third-order valence-corrected chi connectivity index (χ3v) is 4.98. The summed E-state index contributed by atoms with van der Waals surface area (Å²) in [5.41, 5.74) is -0.0932. The summed E-state index contributed by atoms with van der Waals surface area (Å²) in [5, 5.41) is 6.90. The summed E-state index contributed by atoms with van der Waals surface area (Å²) in [5.74, 6) is 1.49. The summed E-state index contributed by atoms with van der Waals surface area (Å²) < 4.78 is 11.3. The van der Waals surface area contributed by atoms with Gasteiger partial charge >= 0.3 is 0 Å². The Labute approximate surface area is 147 Å². The minimum absolute atomic E-state index is 0.0932. The summed E-state index contributed by atoms with van der Waals surface area (Å²) >= 11 is 0. The highest BCUT2D eigenvalue weighted by Crippen LogP contribution is 2.25. The van der Waals surface area contributed by atoms with Crippen LogP contribution in [0.2, 0.25) is 0 Å². The second-order valence-corrected chi connectivity index (χ2v) is 7.44. The van der Waals surface area contributed by atoms with E-state index in [-0.39, 0.29) is 5.60 Å². The number of rotatable bonds is 7. The number of ether oxygens (including phenoxy) is 2. The van der Waals surface area contributed by atoms with Gasteiger partial charge in [0.25, 0.3) is 0 Å². The molecule has 2 atom stereocenters. The number of nitrogens with one attached hydrogen (secondary N) is 2. The van der Waals surface area contributed by atoms with Crippen molar-refractivity contribution in [1.82, 2.24) is 15.5 Å². The maximum absolute atomic E-state index is 5.84. The third kappa shape index (κ3) is 5.90. The molecule has 2 fully saturated rings. The van der Waals surface area contributed by atoms with Crippen molar-refractivity contribution in [3.8, 4) is 0 Å². The summed E-state index contributed by atoms with van der Waals surface area (Å²) in [7, 11) is 0. The molecule has 6 nitrogen and oxygen atoms in total. The summed E-state index contributed by atoms with van der Waals surface area (Å²) in [6.07, 6.45) is 2.24. The van der Waals surface area contributed by atoms with Crippen molar-refractivity contribution in [2.45, 2.75) is 52.2 Å². The SMILES string of the molecule is CCNC(=NCC1(C)CCCO1)NCC(C(C)C)N1CCOCC1. The van der Waals surface area contributed by atoms with Crippen LogP contribution in [-0.2, 0) is 9.47 Å². The smallest absolute Gasteiger partial charge is 0.191 e. The number of aliphatic imine (C=N–C) groups is 1. The van der Waals surface area contributed by atoms with Gasteiger partial charge in [-0.1, -0.05) is 13.8 Å². The zero-order valence-corrected chi connectivity index (χ0v) is 15.9. The number of morpholine rings is 1. The van der Waals surface area contributed by atoms with Gasteiger partial charge in [0, 0.05) is 38.8 Å². The van der Waals surface area contributed by atoms with Crippen LogP contribution < -0.4 is 10.6 Å². The van der Waals surface area contributed by atoms with Crippen molar-refractivity contribution in [2.24, 2.45) is 10.9 Å². The molecule has 0 spiro atoms. The monoisotopic (exact) mass is 340 g/mol. The molecule has 2 rings (SSSR count). The molecule has 0 aromatic carbocycles. The minimum atomic E-state index is -0.0932. The average Bonchev–Trinajstić information content (AvgIpc) is 3.00. The van der Waals surface area contributed by atoms with E-state index in [4.69, 9.17) is 14.5 Å². The van der Waals surface area contributed by atoms with E-state index < -0.39 is 0 Å². The molecule has 2 heterocycles. The van der Waals surface area contributed by atoms with Crippen LogP contribution in [0.25, 0.3) is 0 Å². The van der Waals surface area contributed by atoms with Crippen molar-refractivity contribution in [3.05, 3.63) is 0 Å². The fourth-order valence-corrected chi connectivity index (χ4v) is 3.45. The largest absolute Gasteiger partial charge is 0.379 e. The van der Waals surface area contributed by atoms with E-state index in [9.17, 15) is 0 Å². The standard InChI is InChI=1S/C18H36N4O2/c1-5-19-17(21-14-18(4)7-6-10-24-18)20-13-16(15(2)3)22-8-11-23-12-9-22/h15-16H,5-14H2,1-4H3,(H2,19,20,21). The molecule has 2 saturated heterocycles. The number of hydrogen-bond donors (Lipinski definition) is 2. The maximum Gasteiger partial charge on any atom is 0.191 e. The molecule has 0 bridgehead atoms. The van der Waals surface area contributed by atoms with Crippen molar-refractivity contribution >= 4 is 5.96 Å². The molecule has 2 aliphatic rings. The van der Waals surface area contributed by atoms with Gasteiger partial charge in [0.05, 0.1) is 25.4 Å². The molecule has 0 aliphatic carbocycles. The highest BCUT2D eigenvalue weighted by molar-refractivity contribution is 5.79. The minimum Gasteiger partial charge on any atom is -0.379 e. The van der Waals surface area contributed by atoms with Gasteiger partial charge in [0.15, 0.2) is 5.96 Å². The molecule has 0 radical (unpaired) electrons. The number of guanidine groups is 1. The van der Waals surface area contributed by atoms with E-state index in [1.54, 1.807) is 0 Å². The predicted octanol–water partition coefficient (Wildman–Crippen LogP) is 1.47. The van der Waals surface area contributed by atoms with Crippen LogP contribution in [-0.4, -0.2) is 75.0 Å². The van der Waals surface area contributed by atoms with Crippen molar-refractivity contribution in [3.63, 3.8) is 0 Å². The van der Waals surface area contributed by atoms with Crippen LogP contribution in [0.5, 0.6) is 0 Å². The first-order valence-corrected chi connectivity index (χ1v) is 9.52. The fourth-order valence-electron chi connectivity index (χ4n) is 3.45. The summed E-state index contributed by atoms with van der Waals surface area (Å²) in [4.78, 5) is 7.30. The lowest BCUT2D eigenvalue weighted by Gasteiger charge is -2.37. The lowest BCUT2D eigenvalue weighted by molar-refractivity contribution is 0.00747. The first-order valence-electron chi connectivity index (χ1n) is 9.52. The van der Waals surface area contributed by atoms with E-state index in [1.165, 1.54) is 0 Å². The Morgan fingerprint density at radius 1 is 1.21 bits per heavy atom. The Morgan fingerprint density at radius 2 is 1.96 bits per heavy atom. The zero-order valence-electron chi connectivity index (χ0n) is 15.9. The van der Waals surface area contributed by atoms with E-state index in [1.807, 2.05) is 0 Å². The average molecular weight is 341 g/mol. The number of nitrogens with zero attached hydrogens (tertiary/aromatic N) is 2. The van der Waals surface area contributed by atoms with Crippen LogP contribution in [0.1, 0.15) is 40.5 Å². The topological polar surface area (TPSA) is 58.1 Å². The molecule has 0 aromatic rings. The lowest BCUT2D eigenvalue weighted by Crippen LogP contribution is -2.52. The van der Waals surface area contributed by atoms with Gasteiger partial charge in [-0.15, -0.1) is 0 Å². The van der Waals surface area contributed by atoms with Gasteiger partial charge < -0.3 is 20.1 Å². The van der Waals surface area contributed by atoms with E-state index in [0.29, 0.717) is 18.5 Å². The quantitative estimate of drug-likeness (QED) is 0.543. The van der Waals surface area contributed by atoms with Crippen molar-refractivity contribution in [2.75, 3.05) is 52.5 Å². The summed E-state index contributed by atoms with van der Waals surface area (Å²) in [6.45, 7) is 15.9. The number of hydrogen-bond acceptors (Lipinski definition) is 4. The van der Waals surface area contributed by atoms with Gasteiger partial charge in [0.2, 0.25) is 0 Å². The highest BCUT2D eigenvalue weighted by atomic mass is 16.5. The van der Waals surface area contributed by atoms with Gasteiger partial charge in [0.1, 0.15) is 0 Å². The molecule has 0 saturated carbocycles. The molecule has 6 heteroatoms. The maximum atomic E-state index is 5.84. The molecule has 0 aromatic heterocycles. The Kier molecular flexibility index (Phi) is 7.78. The summed E-state index contributed by atoms with van der Waals surface area (Å²) in [6, 6.07) is 0.496.